The average Bonchev–Trinajstić information content (AvgIpc) is 2.81. The molecule has 0 spiro atoms. The summed E-state index contributed by atoms with van der Waals surface area (Å²) < 4.78 is 6.25. The van der Waals surface area contributed by atoms with Gasteiger partial charge in [0.2, 0.25) is 0 Å². The van der Waals surface area contributed by atoms with E-state index >= 15 is 0 Å². The molecular formula is C15H13NO2S. The average molecular weight is 271 g/mol. The number of aryl methyl sites for hydroxylation is 1. The monoisotopic (exact) mass is 271 g/mol. The van der Waals surface area contributed by atoms with Crippen LogP contribution in [0.3, 0.4) is 0 Å². The summed E-state index contributed by atoms with van der Waals surface area (Å²) >= 11 is 1.57. The van der Waals surface area contributed by atoms with Crippen molar-refractivity contribution in [3.05, 3.63) is 42.0 Å². The molecule has 19 heavy (non-hydrogen) atoms. The number of aromatic hydroxyl groups is 1. The number of methoxy groups -OCH3 is 1. The van der Waals surface area contributed by atoms with E-state index in [0.717, 1.165) is 15.2 Å². The van der Waals surface area contributed by atoms with Gasteiger partial charge >= 0.3 is 0 Å². The maximum absolute atomic E-state index is 10.2. The highest BCUT2D eigenvalue weighted by molar-refractivity contribution is 7.21. The Balaban J connectivity index is 2.19. The Morgan fingerprint density at radius 3 is 2.84 bits per heavy atom. The molecule has 0 amide bonds. The zero-order chi connectivity index (χ0) is 13.4. The first-order chi connectivity index (χ1) is 9.19. The van der Waals surface area contributed by atoms with Crippen LogP contribution in [0.25, 0.3) is 20.8 Å². The Bertz CT molecular complexity index is 749. The minimum atomic E-state index is 0.140. The summed E-state index contributed by atoms with van der Waals surface area (Å²) in [5.41, 5.74) is 2.86. The summed E-state index contributed by atoms with van der Waals surface area (Å²) in [6.07, 6.45) is 0. The Labute approximate surface area is 115 Å². The molecule has 0 aliphatic rings. The number of rotatable bonds is 2. The largest absolute Gasteiger partial charge is 0.504 e. The van der Waals surface area contributed by atoms with Crippen LogP contribution in [0.4, 0.5) is 0 Å². The van der Waals surface area contributed by atoms with E-state index in [1.807, 2.05) is 24.3 Å². The van der Waals surface area contributed by atoms with Gasteiger partial charge < -0.3 is 9.84 Å². The predicted octanol–water partition coefficient (Wildman–Crippen LogP) is 3.99. The van der Waals surface area contributed by atoms with Gasteiger partial charge in [-0.3, -0.25) is 0 Å². The van der Waals surface area contributed by atoms with Crippen molar-refractivity contribution in [3.8, 4) is 22.1 Å². The van der Waals surface area contributed by atoms with Crippen molar-refractivity contribution in [2.24, 2.45) is 0 Å². The van der Waals surface area contributed by atoms with Gasteiger partial charge in [0.15, 0.2) is 11.5 Å². The number of thiazole rings is 1. The number of phenolic OH excluding ortho intramolecular Hbond substituents is 1. The second kappa shape index (κ2) is 4.55. The van der Waals surface area contributed by atoms with Crippen LogP contribution < -0.4 is 4.74 Å². The molecule has 0 aliphatic heterocycles. The molecule has 0 saturated heterocycles. The summed E-state index contributed by atoms with van der Waals surface area (Å²) in [6.45, 7) is 2.06. The summed E-state index contributed by atoms with van der Waals surface area (Å²) in [4.78, 5) is 4.56. The maximum Gasteiger partial charge on any atom is 0.168 e. The van der Waals surface area contributed by atoms with E-state index in [1.54, 1.807) is 24.5 Å². The smallest absolute Gasteiger partial charge is 0.168 e. The maximum atomic E-state index is 10.2. The Hall–Kier alpha value is -2.07. The third-order valence-electron chi connectivity index (χ3n) is 2.99. The first kappa shape index (κ1) is 12.0. The number of hydrogen-bond acceptors (Lipinski definition) is 4. The Morgan fingerprint density at radius 2 is 2.05 bits per heavy atom. The van der Waals surface area contributed by atoms with Gasteiger partial charge in [-0.15, -0.1) is 11.3 Å². The fraction of sp³-hybridized carbons (Fsp3) is 0.133. The van der Waals surface area contributed by atoms with E-state index in [4.69, 9.17) is 4.74 Å². The molecule has 0 saturated carbocycles. The van der Waals surface area contributed by atoms with Crippen molar-refractivity contribution in [2.45, 2.75) is 6.92 Å². The summed E-state index contributed by atoms with van der Waals surface area (Å²) in [7, 11) is 1.54. The van der Waals surface area contributed by atoms with E-state index < -0.39 is 0 Å². The number of fused-ring (bicyclic) bond motifs is 1. The van der Waals surface area contributed by atoms with Crippen molar-refractivity contribution >= 4 is 21.6 Å². The van der Waals surface area contributed by atoms with E-state index in [-0.39, 0.29) is 5.75 Å². The zero-order valence-corrected chi connectivity index (χ0v) is 11.5. The number of para-hydroxylation sites is 1. The van der Waals surface area contributed by atoms with Crippen LogP contribution >= 0.6 is 11.3 Å². The lowest BCUT2D eigenvalue weighted by atomic mass is 10.2. The second-order valence-corrected chi connectivity index (χ2v) is 5.38. The lowest BCUT2D eigenvalue weighted by molar-refractivity contribution is 0.374. The summed E-state index contributed by atoms with van der Waals surface area (Å²) in [6, 6.07) is 11.6. The molecule has 0 bridgehead atoms. The molecule has 0 atom stereocenters. The lowest BCUT2D eigenvalue weighted by Crippen LogP contribution is -1.85. The summed E-state index contributed by atoms with van der Waals surface area (Å²) in [5.74, 6) is 0.605. The molecule has 0 aliphatic carbocycles. The van der Waals surface area contributed by atoms with E-state index in [0.29, 0.717) is 11.3 Å². The van der Waals surface area contributed by atoms with Gasteiger partial charge in [0.1, 0.15) is 5.01 Å². The molecule has 3 nitrogen and oxygen atoms in total. The van der Waals surface area contributed by atoms with Gasteiger partial charge in [-0.1, -0.05) is 12.1 Å². The fourth-order valence-electron chi connectivity index (χ4n) is 2.01. The molecule has 0 radical (unpaired) electrons. The van der Waals surface area contributed by atoms with Crippen molar-refractivity contribution in [2.75, 3.05) is 7.11 Å². The quantitative estimate of drug-likeness (QED) is 0.766. The molecule has 0 fully saturated rings. The van der Waals surface area contributed by atoms with Crippen molar-refractivity contribution in [3.63, 3.8) is 0 Å². The van der Waals surface area contributed by atoms with Crippen LogP contribution in [0.5, 0.6) is 11.5 Å². The number of nitrogens with zero attached hydrogens (tertiary/aromatic N) is 1. The van der Waals surface area contributed by atoms with Gasteiger partial charge in [-0.2, -0.15) is 0 Å². The topological polar surface area (TPSA) is 42.4 Å². The predicted molar refractivity (Wildman–Crippen MR) is 78.0 cm³/mol. The highest BCUT2D eigenvalue weighted by Gasteiger charge is 2.13. The highest BCUT2D eigenvalue weighted by atomic mass is 32.1. The molecule has 3 rings (SSSR count). The molecular weight excluding hydrogens is 258 g/mol. The van der Waals surface area contributed by atoms with Crippen LogP contribution in [0.15, 0.2) is 36.4 Å². The summed E-state index contributed by atoms with van der Waals surface area (Å²) in [5, 5.41) is 11.0. The minimum absolute atomic E-state index is 0.140. The van der Waals surface area contributed by atoms with Gasteiger partial charge in [0.05, 0.1) is 22.9 Å². The highest BCUT2D eigenvalue weighted by Crippen LogP contribution is 2.40. The SMILES string of the molecule is COc1cccc(-c2nc3ccc(C)cc3s2)c1O. The molecule has 4 heteroatoms. The molecule has 0 unspecified atom stereocenters. The number of aromatic nitrogens is 1. The first-order valence-electron chi connectivity index (χ1n) is 5.92. The lowest BCUT2D eigenvalue weighted by Gasteiger charge is -2.05. The van der Waals surface area contributed by atoms with Crippen molar-refractivity contribution in [1.82, 2.24) is 4.98 Å². The number of phenols is 1. The van der Waals surface area contributed by atoms with Crippen LogP contribution in [-0.4, -0.2) is 17.2 Å². The molecule has 1 N–H and O–H groups in total. The zero-order valence-electron chi connectivity index (χ0n) is 10.7. The fourth-order valence-corrected chi connectivity index (χ4v) is 3.10. The number of hydrogen-bond donors (Lipinski definition) is 1. The van der Waals surface area contributed by atoms with Gasteiger partial charge in [-0.25, -0.2) is 4.98 Å². The minimum Gasteiger partial charge on any atom is -0.504 e. The van der Waals surface area contributed by atoms with Crippen LogP contribution in [0, 0.1) is 6.92 Å². The molecule has 1 aromatic heterocycles. The molecule has 3 aromatic rings. The van der Waals surface area contributed by atoms with Crippen molar-refractivity contribution < 1.29 is 9.84 Å². The van der Waals surface area contributed by atoms with Gasteiger partial charge in [-0.05, 0) is 36.8 Å². The second-order valence-electron chi connectivity index (χ2n) is 4.35. The third-order valence-corrected chi connectivity index (χ3v) is 4.04. The normalized spacial score (nSPS) is 10.8. The van der Waals surface area contributed by atoms with Gasteiger partial charge in [0.25, 0.3) is 0 Å². The van der Waals surface area contributed by atoms with Gasteiger partial charge in [0, 0.05) is 0 Å². The van der Waals surface area contributed by atoms with E-state index in [1.165, 1.54) is 5.56 Å². The first-order valence-corrected chi connectivity index (χ1v) is 6.74. The number of ether oxygens (including phenoxy) is 1. The van der Waals surface area contributed by atoms with Crippen LogP contribution in [-0.2, 0) is 0 Å². The molecule has 96 valence electrons. The Kier molecular flexibility index (Phi) is 2.87. The van der Waals surface area contributed by atoms with Crippen LogP contribution in [0.1, 0.15) is 5.56 Å². The van der Waals surface area contributed by atoms with E-state index in [9.17, 15) is 5.11 Å². The Morgan fingerprint density at radius 1 is 1.21 bits per heavy atom. The van der Waals surface area contributed by atoms with Crippen molar-refractivity contribution in [1.29, 1.82) is 0 Å². The standard InChI is InChI=1S/C15H13NO2S/c1-9-6-7-11-13(8-9)19-15(16-11)10-4-3-5-12(18-2)14(10)17/h3-8,17H,1-2H3. The van der Waals surface area contributed by atoms with E-state index in [2.05, 4.69) is 18.0 Å². The van der Waals surface area contributed by atoms with Crippen LogP contribution in [0.2, 0.25) is 0 Å². The third kappa shape index (κ3) is 2.04. The number of benzene rings is 2. The molecule has 1 heterocycles. The molecule has 2 aromatic carbocycles.